The summed E-state index contributed by atoms with van der Waals surface area (Å²) in [6.45, 7) is 13.3. The van der Waals surface area contributed by atoms with E-state index < -0.39 is 27.5 Å². The Morgan fingerprint density at radius 3 is 2.14 bits per heavy atom. The van der Waals surface area contributed by atoms with E-state index in [0.29, 0.717) is 10.8 Å². The summed E-state index contributed by atoms with van der Waals surface area (Å²) in [7, 11) is -3.13. The molecule has 0 saturated heterocycles. The van der Waals surface area contributed by atoms with E-state index in [0.717, 1.165) is 10.9 Å². The molecule has 0 aliphatic rings. The summed E-state index contributed by atoms with van der Waals surface area (Å²) in [5.74, 6) is 0.0000202. The molecule has 0 saturated carbocycles. The van der Waals surface area contributed by atoms with Gasteiger partial charge in [0.1, 0.15) is 15.5 Å². The minimum atomic E-state index is -3.13. The minimum absolute atomic E-state index is 0.278. The van der Waals surface area contributed by atoms with Crippen molar-refractivity contribution in [1.29, 1.82) is 0 Å². The van der Waals surface area contributed by atoms with Crippen molar-refractivity contribution in [2.24, 2.45) is 21.2 Å². The highest BCUT2D eigenvalue weighted by molar-refractivity contribution is 9.10. The molecule has 0 radical (unpaired) electrons. The van der Waals surface area contributed by atoms with Gasteiger partial charge in [-0.3, -0.25) is 4.79 Å². The number of carbonyl (C=O) groups is 2. The fourth-order valence-electron chi connectivity index (χ4n) is 1.61. The second kappa shape index (κ2) is 13.7. The van der Waals surface area contributed by atoms with Crippen molar-refractivity contribution in [2.45, 2.75) is 71.8 Å². The molecule has 1 atom stereocenters. The fraction of sp³-hybridized carbons (Fsp3) is 0.579. The van der Waals surface area contributed by atoms with Gasteiger partial charge in [-0.25, -0.2) is 14.1 Å². The second-order valence-corrected chi connectivity index (χ2v) is 9.68. The van der Waals surface area contributed by atoms with Gasteiger partial charge in [0.15, 0.2) is 0 Å². The van der Waals surface area contributed by atoms with Gasteiger partial charge in [0.2, 0.25) is 0 Å². The average molecular weight is 480 g/mol. The number of rotatable bonds is 4. The topological polar surface area (TPSA) is 125 Å². The van der Waals surface area contributed by atoms with Crippen molar-refractivity contribution in [1.82, 2.24) is 0 Å². The zero-order valence-corrected chi connectivity index (χ0v) is 20.2. The number of carbonyl (C=O) groups excluding carboxylic acids is 2. The summed E-state index contributed by atoms with van der Waals surface area (Å²) in [6, 6.07) is 6.72. The SMILES string of the molecule is CC.CC(C)(C)OC(N)=O.CC(C)CCC(=O)N=S(N)(=O)c1cccc(Br)c1. The van der Waals surface area contributed by atoms with Crippen LogP contribution in [-0.2, 0) is 19.4 Å². The molecule has 0 heterocycles. The Hall–Kier alpha value is -1.45. The van der Waals surface area contributed by atoms with Gasteiger partial charge in [0, 0.05) is 10.9 Å². The summed E-state index contributed by atoms with van der Waals surface area (Å²) in [5.41, 5.74) is 4.26. The first-order valence-electron chi connectivity index (χ1n) is 9.04. The molecule has 0 aliphatic heterocycles. The molecular weight excluding hydrogens is 446 g/mol. The number of halogens is 1. The quantitative estimate of drug-likeness (QED) is 0.628. The Balaban J connectivity index is 0. The van der Waals surface area contributed by atoms with E-state index >= 15 is 0 Å². The van der Waals surface area contributed by atoms with Crippen molar-refractivity contribution in [3.05, 3.63) is 28.7 Å². The number of nitrogens with zero attached hydrogens (tertiary/aromatic N) is 1. The largest absolute Gasteiger partial charge is 0.444 e. The number of hydrogen-bond acceptors (Lipinski definition) is 4. The summed E-state index contributed by atoms with van der Waals surface area (Å²) >= 11 is 3.26. The maximum Gasteiger partial charge on any atom is 0.405 e. The lowest BCUT2D eigenvalue weighted by Crippen LogP contribution is -2.27. The van der Waals surface area contributed by atoms with E-state index in [1.54, 1.807) is 45.0 Å². The molecule has 7 nitrogen and oxygen atoms in total. The van der Waals surface area contributed by atoms with Gasteiger partial charge in [-0.2, -0.15) is 0 Å². The maximum absolute atomic E-state index is 12.2. The number of primary amides is 1. The number of benzene rings is 1. The van der Waals surface area contributed by atoms with E-state index in [4.69, 9.17) is 10.9 Å². The average Bonchev–Trinajstić information content (AvgIpc) is 2.53. The third kappa shape index (κ3) is 15.6. The lowest BCUT2D eigenvalue weighted by Gasteiger charge is -2.16. The molecule has 0 aromatic heterocycles. The molecule has 0 aliphatic carbocycles. The number of ether oxygens (including phenoxy) is 1. The Morgan fingerprint density at radius 1 is 1.25 bits per heavy atom. The van der Waals surface area contributed by atoms with E-state index in [1.807, 2.05) is 27.7 Å². The van der Waals surface area contributed by atoms with Gasteiger partial charge in [0.05, 0.1) is 4.90 Å². The van der Waals surface area contributed by atoms with Gasteiger partial charge >= 0.3 is 6.09 Å². The van der Waals surface area contributed by atoms with Crippen LogP contribution in [0.5, 0.6) is 0 Å². The molecular formula is C19H34BrN3O4S. The highest BCUT2D eigenvalue weighted by Crippen LogP contribution is 2.16. The van der Waals surface area contributed by atoms with Crippen LogP contribution < -0.4 is 10.9 Å². The van der Waals surface area contributed by atoms with Crippen molar-refractivity contribution < 1.29 is 18.5 Å². The van der Waals surface area contributed by atoms with Gasteiger partial charge in [0.25, 0.3) is 5.91 Å². The summed E-state index contributed by atoms with van der Waals surface area (Å²) < 4.78 is 21.1. The number of amides is 2. The van der Waals surface area contributed by atoms with E-state index in [1.165, 1.54) is 0 Å². The molecule has 1 aromatic carbocycles. The first-order valence-corrected chi connectivity index (χ1v) is 11.4. The van der Waals surface area contributed by atoms with Gasteiger partial charge in [-0.1, -0.05) is 49.7 Å². The minimum Gasteiger partial charge on any atom is -0.444 e. The smallest absolute Gasteiger partial charge is 0.405 e. The first kappa shape index (κ1) is 28.8. The van der Waals surface area contributed by atoms with Crippen LogP contribution in [0.4, 0.5) is 4.79 Å². The summed E-state index contributed by atoms with van der Waals surface area (Å²) in [5, 5.41) is 5.63. The van der Waals surface area contributed by atoms with Crippen LogP contribution in [0.3, 0.4) is 0 Å². The zero-order chi connectivity index (χ0) is 22.5. The molecule has 0 bridgehead atoms. The van der Waals surface area contributed by atoms with Crippen LogP contribution in [0.2, 0.25) is 0 Å². The molecule has 1 aromatic rings. The molecule has 1 rings (SSSR count). The standard InChI is InChI=1S/C12H17BrN2O2S.C5H11NO2.C2H6/c1-9(2)6-7-12(16)15-18(14,17)11-5-3-4-10(13)8-11;1-5(2,3)8-4(6)7;1-2/h3-5,8-9H,6-7H2,1-2H3,(H2,14,15,16,17);1-3H3,(H2,6,7);1-2H3. The van der Waals surface area contributed by atoms with Crippen molar-refractivity contribution in [3.63, 3.8) is 0 Å². The molecule has 4 N–H and O–H groups in total. The molecule has 2 amide bonds. The van der Waals surface area contributed by atoms with Gasteiger partial charge in [-0.15, -0.1) is 4.36 Å². The van der Waals surface area contributed by atoms with Crippen molar-refractivity contribution in [3.8, 4) is 0 Å². The van der Waals surface area contributed by atoms with Crippen LogP contribution >= 0.6 is 15.9 Å². The molecule has 1 unspecified atom stereocenters. The van der Waals surface area contributed by atoms with Crippen LogP contribution in [0, 0.1) is 5.92 Å². The van der Waals surface area contributed by atoms with E-state index in [2.05, 4.69) is 25.0 Å². The van der Waals surface area contributed by atoms with E-state index in [9.17, 15) is 13.8 Å². The van der Waals surface area contributed by atoms with E-state index in [-0.39, 0.29) is 6.42 Å². The Bertz CT molecular complexity index is 737. The molecule has 9 heteroatoms. The highest BCUT2D eigenvalue weighted by atomic mass is 79.9. The summed E-state index contributed by atoms with van der Waals surface area (Å²) in [4.78, 5) is 22.0. The number of nitrogens with two attached hydrogens (primary N) is 2. The van der Waals surface area contributed by atoms with Gasteiger partial charge < -0.3 is 10.5 Å². The lowest BCUT2D eigenvalue weighted by molar-refractivity contribution is -0.117. The molecule has 162 valence electrons. The Morgan fingerprint density at radius 2 is 1.79 bits per heavy atom. The second-order valence-electron chi connectivity index (χ2n) is 6.98. The van der Waals surface area contributed by atoms with Crippen LogP contribution in [-0.4, -0.2) is 21.8 Å². The lowest BCUT2D eigenvalue weighted by atomic mass is 10.1. The first-order chi connectivity index (χ1) is 12.7. The van der Waals surface area contributed by atoms with Crippen molar-refractivity contribution in [2.75, 3.05) is 0 Å². The van der Waals surface area contributed by atoms with Crippen molar-refractivity contribution >= 4 is 37.8 Å². The fourth-order valence-corrected chi connectivity index (χ4v) is 3.23. The normalized spacial score (nSPS) is 12.5. The predicted octanol–water partition coefficient (Wildman–Crippen LogP) is 5.02. The third-order valence-corrected chi connectivity index (χ3v) is 4.61. The highest BCUT2D eigenvalue weighted by Gasteiger charge is 2.12. The third-order valence-electron chi connectivity index (χ3n) is 2.71. The van der Waals surface area contributed by atoms with Crippen LogP contribution in [0.25, 0.3) is 0 Å². The zero-order valence-electron chi connectivity index (χ0n) is 17.8. The Kier molecular flexibility index (Phi) is 14.1. The van der Waals surface area contributed by atoms with Gasteiger partial charge in [-0.05, 0) is 51.3 Å². The molecule has 0 spiro atoms. The monoisotopic (exact) mass is 479 g/mol. The molecule has 0 fully saturated rings. The summed E-state index contributed by atoms with van der Waals surface area (Å²) in [6.07, 6.45) is 0.272. The number of hydrogen-bond donors (Lipinski definition) is 2. The maximum atomic E-state index is 12.2. The Labute approximate surface area is 178 Å². The predicted molar refractivity (Wildman–Crippen MR) is 118 cm³/mol. The van der Waals surface area contributed by atoms with Crippen LogP contribution in [0.1, 0.15) is 61.3 Å². The molecule has 28 heavy (non-hydrogen) atoms. The van der Waals surface area contributed by atoms with Crippen LogP contribution in [0.15, 0.2) is 38.0 Å².